The fourth-order valence-electron chi connectivity index (χ4n) is 1.23. The summed E-state index contributed by atoms with van der Waals surface area (Å²) in [5, 5.41) is 2.28. The zero-order chi connectivity index (χ0) is 16.0. The maximum atomic E-state index is 13.7. The Hall–Kier alpha value is -2.20. The van der Waals surface area contributed by atoms with E-state index in [1.807, 2.05) is 4.72 Å². The van der Waals surface area contributed by atoms with Crippen LogP contribution in [0.4, 0.5) is 4.39 Å². The van der Waals surface area contributed by atoms with Crippen molar-refractivity contribution >= 4 is 21.8 Å². The van der Waals surface area contributed by atoms with Crippen LogP contribution in [0.1, 0.15) is 0 Å². The highest BCUT2D eigenvalue weighted by Gasteiger charge is 2.17. The van der Waals surface area contributed by atoms with Gasteiger partial charge in [-0.05, 0) is 18.2 Å². The van der Waals surface area contributed by atoms with Crippen LogP contribution in [0.25, 0.3) is 0 Å². The number of carbonyl (C=O) groups excluding carboxylic acids is 2. The minimum absolute atomic E-state index is 0.271. The smallest absolute Gasteiger partial charge is 0.257 e. The van der Waals surface area contributed by atoms with Gasteiger partial charge in [-0.3, -0.25) is 9.59 Å². The van der Waals surface area contributed by atoms with E-state index in [0.29, 0.717) is 6.07 Å². The van der Waals surface area contributed by atoms with Gasteiger partial charge in [0.05, 0.1) is 11.4 Å². The van der Waals surface area contributed by atoms with Crippen LogP contribution in [0.5, 0.6) is 5.75 Å². The Labute approximate surface area is 120 Å². The minimum atomic E-state index is -4.06. The summed E-state index contributed by atoms with van der Waals surface area (Å²) in [6, 6.07) is 2.85. The second kappa shape index (κ2) is 6.99. The zero-order valence-electron chi connectivity index (χ0n) is 11.1. The molecule has 8 nitrogen and oxygen atoms in total. The van der Waals surface area contributed by atoms with Gasteiger partial charge in [0.1, 0.15) is 0 Å². The predicted molar refractivity (Wildman–Crippen MR) is 70.3 cm³/mol. The summed E-state index contributed by atoms with van der Waals surface area (Å²) < 4.78 is 43.9. The molecule has 0 aliphatic heterocycles. The van der Waals surface area contributed by atoms with Gasteiger partial charge in [0, 0.05) is 7.05 Å². The monoisotopic (exact) mass is 319 g/mol. The molecule has 0 fully saturated rings. The highest BCUT2D eigenvalue weighted by Crippen LogP contribution is 2.20. The van der Waals surface area contributed by atoms with E-state index in [9.17, 15) is 22.4 Å². The Morgan fingerprint density at radius 3 is 2.57 bits per heavy atom. The number of benzene rings is 1. The van der Waals surface area contributed by atoms with E-state index in [2.05, 4.69) is 5.32 Å². The number of hydrogen-bond acceptors (Lipinski definition) is 5. The Balaban J connectivity index is 2.86. The number of sulfonamides is 1. The van der Waals surface area contributed by atoms with E-state index in [1.165, 1.54) is 7.05 Å². The van der Waals surface area contributed by atoms with Gasteiger partial charge in [0.25, 0.3) is 5.91 Å². The molecular formula is C11H14FN3O5S. The second-order valence-corrected chi connectivity index (χ2v) is 5.61. The van der Waals surface area contributed by atoms with Gasteiger partial charge in [-0.15, -0.1) is 0 Å². The SMILES string of the molecule is CNC(=O)COc1ccc(S(=O)(=O)NCC(N)=O)cc1F. The van der Waals surface area contributed by atoms with Gasteiger partial charge >= 0.3 is 0 Å². The van der Waals surface area contributed by atoms with Gasteiger partial charge in [-0.1, -0.05) is 0 Å². The number of primary amides is 1. The summed E-state index contributed by atoms with van der Waals surface area (Å²) in [6.07, 6.45) is 0. The Morgan fingerprint density at radius 2 is 2.05 bits per heavy atom. The van der Waals surface area contributed by atoms with Crippen molar-refractivity contribution in [2.24, 2.45) is 5.73 Å². The average Bonchev–Trinajstić information content (AvgIpc) is 2.43. The first-order valence-electron chi connectivity index (χ1n) is 5.67. The molecule has 0 radical (unpaired) electrons. The molecule has 0 saturated carbocycles. The van der Waals surface area contributed by atoms with Crippen LogP contribution in [-0.2, 0) is 19.6 Å². The molecule has 0 bridgehead atoms. The standard InChI is InChI=1S/C11H14FN3O5S/c1-14-11(17)6-20-9-3-2-7(4-8(9)12)21(18,19)15-5-10(13)16/h2-4,15H,5-6H2,1H3,(H2,13,16)(H,14,17). The van der Waals surface area contributed by atoms with Crippen molar-refractivity contribution in [1.82, 2.24) is 10.0 Å². The molecule has 0 heterocycles. The maximum absolute atomic E-state index is 13.7. The molecule has 1 aromatic carbocycles. The summed E-state index contributed by atoms with van der Waals surface area (Å²) in [7, 11) is -2.67. The van der Waals surface area contributed by atoms with Crippen molar-refractivity contribution in [2.75, 3.05) is 20.2 Å². The molecule has 0 aliphatic rings. The molecule has 116 valence electrons. The molecule has 4 N–H and O–H groups in total. The molecule has 21 heavy (non-hydrogen) atoms. The number of ether oxygens (including phenoxy) is 1. The number of amides is 2. The number of nitrogens with one attached hydrogen (secondary N) is 2. The van der Waals surface area contributed by atoms with E-state index in [-0.39, 0.29) is 5.75 Å². The van der Waals surface area contributed by atoms with Gasteiger partial charge in [-0.25, -0.2) is 17.5 Å². The summed E-state index contributed by atoms with van der Waals surface area (Å²) in [5.74, 6) is -2.56. The van der Waals surface area contributed by atoms with E-state index in [1.54, 1.807) is 0 Å². The molecule has 1 aromatic rings. The molecule has 0 unspecified atom stereocenters. The molecule has 0 saturated heterocycles. The number of rotatable bonds is 7. The topological polar surface area (TPSA) is 128 Å². The van der Waals surface area contributed by atoms with Crippen LogP contribution in [0, 0.1) is 5.82 Å². The van der Waals surface area contributed by atoms with Crippen molar-refractivity contribution < 1.29 is 27.1 Å². The number of hydrogen-bond donors (Lipinski definition) is 3. The lowest BCUT2D eigenvalue weighted by Crippen LogP contribution is -2.33. The normalized spacial score (nSPS) is 11.0. The van der Waals surface area contributed by atoms with Crippen molar-refractivity contribution in [3.8, 4) is 5.75 Å². The van der Waals surface area contributed by atoms with E-state index in [4.69, 9.17) is 10.5 Å². The predicted octanol–water partition coefficient (Wildman–Crippen LogP) is -1.29. The van der Waals surface area contributed by atoms with E-state index < -0.39 is 45.7 Å². The van der Waals surface area contributed by atoms with Crippen LogP contribution in [0.15, 0.2) is 23.1 Å². The fraction of sp³-hybridized carbons (Fsp3) is 0.273. The number of likely N-dealkylation sites (N-methyl/N-ethyl adjacent to an activating group) is 1. The van der Waals surface area contributed by atoms with Crippen molar-refractivity contribution in [2.45, 2.75) is 4.90 Å². The van der Waals surface area contributed by atoms with Crippen molar-refractivity contribution in [1.29, 1.82) is 0 Å². The molecule has 0 atom stereocenters. The molecular weight excluding hydrogens is 305 g/mol. The Kier molecular flexibility index (Phi) is 5.61. The Morgan fingerprint density at radius 1 is 1.38 bits per heavy atom. The van der Waals surface area contributed by atoms with Crippen molar-refractivity contribution in [3.63, 3.8) is 0 Å². The lowest BCUT2D eigenvalue weighted by atomic mass is 10.3. The third-order valence-electron chi connectivity index (χ3n) is 2.29. The highest BCUT2D eigenvalue weighted by atomic mass is 32.2. The van der Waals surface area contributed by atoms with Crippen LogP contribution in [-0.4, -0.2) is 40.4 Å². The lowest BCUT2D eigenvalue weighted by Gasteiger charge is -2.09. The maximum Gasteiger partial charge on any atom is 0.257 e. The third kappa shape index (κ3) is 5.00. The van der Waals surface area contributed by atoms with Crippen LogP contribution < -0.4 is 20.5 Å². The quantitative estimate of drug-likeness (QED) is 0.576. The largest absolute Gasteiger partial charge is 0.481 e. The van der Waals surface area contributed by atoms with Crippen LogP contribution in [0.2, 0.25) is 0 Å². The first kappa shape index (κ1) is 16.9. The molecule has 1 rings (SSSR count). The molecule has 10 heteroatoms. The molecule has 2 amide bonds. The third-order valence-corrected chi connectivity index (χ3v) is 3.69. The van der Waals surface area contributed by atoms with E-state index in [0.717, 1.165) is 12.1 Å². The first-order chi connectivity index (χ1) is 9.76. The van der Waals surface area contributed by atoms with Crippen molar-refractivity contribution in [3.05, 3.63) is 24.0 Å². The fourth-order valence-corrected chi connectivity index (χ4v) is 2.24. The molecule has 0 aromatic heterocycles. The minimum Gasteiger partial charge on any atom is -0.481 e. The summed E-state index contributed by atoms with van der Waals surface area (Å²) >= 11 is 0. The van der Waals surface area contributed by atoms with Crippen LogP contribution in [0.3, 0.4) is 0 Å². The van der Waals surface area contributed by atoms with Gasteiger partial charge in [0.2, 0.25) is 15.9 Å². The summed E-state index contributed by atoms with van der Waals surface area (Å²) in [5.41, 5.74) is 4.81. The molecule has 0 aliphatic carbocycles. The summed E-state index contributed by atoms with van der Waals surface area (Å²) in [6.45, 7) is -1.00. The number of carbonyl (C=O) groups is 2. The lowest BCUT2D eigenvalue weighted by molar-refractivity contribution is -0.122. The number of halogens is 1. The van der Waals surface area contributed by atoms with Gasteiger partial charge in [-0.2, -0.15) is 0 Å². The second-order valence-electron chi connectivity index (χ2n) is 3.84. The first-order valence-corrected chi connectivity index (χ1v) is 7.15. The number of nitrogens with two attached hydrogens (primary N) is 1. The average molecular weight is 319 g/mol. The zero-order valence-corrected chi connectivity index (χ0v) is 11.9. The summed E-state index contributed by atoms with van der Waals surface area (Å²) in [4.78, 5) is 21.1. The Bertz CT molecular complexity index is 647. The molecule has 0 spiro atoms. The van der Waals surface area contributed by atoms with E-state index >= 15 is 0 Å². The highest BCUT2D eigenvalue weighted by molar-refractivity contribution is 7.89. The van der Waals surface area contributed by atoms with Crippen LogP contribution >= 0.6 is 0 Å². The van der Waals surface area contributed by atoms with Gasteiger partial charge < -0.3 is 15.8 Å². The van der Waals surface area contributed by atoms with Gasteiger partial charge in [0.15, 0.2) is 18.2 Å².